The minimum atomic E-state index is -0.242. The maximum Gasteiger partial charge on any atom is 0.458 e. The number of hydrogen-bond acceptors (Lipinski definition) is 4. The van der Waals surface area contributed by atoms with E-state index in [1.165, 1.54) is 11.1 Å². The largest absolute Gasteiger partial charge is 0.458 e. The summed E-state index contributed by atoms with van der Waals surface area (Å²) in [7, 11) is -0.115. The summed E-state index contributed by atoms with van der Waals surface area (Å²) in [6.07, 6.45) is 2.50. The van der Waals surface area contributed by atoms with Crippen LogP contribution in [0.1, 0.15) is 52.7 Å². The zero-order chi connectivity index (χ0) is 18.9. The van der Waals surface area contributed by atoms with Crippen LogP contribution in [0.5, 0.6) is 0 Å². The zero-order valence-corrected chi connectivity index (χ0v) is 17.2. The Bertz CT molecular complexity index is 576. The van der Waals surface area contributed by atoms with E-state index in [0.717, 1.165) is 32.4 Å². The van der Waals surface area contributed by atoms with Gasteiger partial charge in [-0.2, -0.15) is 0 Å². The third kappa shape index (κ3) is 4.69. The maximum atomic E-state index is 6.09. The number of rotatable bonds is 5. The summed E-state index contributed by atoms with van der Waals surface area (Å²) in [5.74, 6) is 0. The van der Waals surface area contributed by atoms with Gasteiger partial charge in [-0.1, -0.05) is 24.3 Å². The van der Waals surface area contributed by atoms with Crippen LogP contribution in [-0.4, -0.2) is 48.5 Å². The number of ether oxygens (including phenoxy) is 1. The molecule has 0 amide bonds. The lowest BCUT2D eigenvalue weighted by molar-refractivity contribution is -0.0704. The lowest BCUT2D eigenvalue weighted by Gasteiger charge is -2.35. The fourth-order valence-corrected chi connectivity index (χ4v) is 3.85. The number of benzene rings is 1. The number of nitrogens with zero attached hydrogens (tertiary/aromatic N) is 1. The summed E-state index contributed by atoms with van der Waals surface area (Å²) in [6.45, 7) is 15.7. The Morgan fingerprint density at radius 2 is 1.42 bits per heavy atom. The van der Waals surface area contributed by atoms with Gasteiger partial charge < -0.3 is 14.0 Å². The first-order valence-electron chi connectivity index (χ1n) is 9.96. The molecular weight excluding hydrogens is 325 g/mol. The fourth-order valence-electron chi connectivity index (χ4n) is 3.85. The quantitative estimate of drug-likeness (QED) is 0.746. The van der Waals surface area contributed by atoms with Gasteiger partial charge in [0.25, 0.3) is 0 Å². The molecule has 0 aliphatic carbocycles. The van der Waals surface area contributed by atoms with Crippen LogP contribution in [0.15, 0.2) is 24.3 Å². The lowest BCUT2D eigenvalue weighted by atomic mass is 9.81. The third-order valence-corrected chi connectivity index (χ3v) is 5.90. The van der Waals surface area contributed by atoms with Gasteiger partial charge in [-0.3, -0.25) is 4.90 Å². The van der Waals surface area contributed by atoms with Crippen molar-refractivity contribution in [3.63, 3.8) is 0 Å². The Kier molecular flexibility index (Phi) is 5.83. The molecule has 2 aliphatic heterocycles. The second-order valence-electron chi connectivity index (χ2n) is 8.99. The molecule has 144 valence electrons. The molecule has 0 spiro atoms. The van der Waals surface area contributed by atoms with Crippen molar-refractivity contribution in [2.75, 3.05) is 13.1 Å². The summed E-state index contributed by atoms with van der Waals surface area (Å²) in [5.41, 5.74) is 2.22. The molecule has 3 rings (SSSR count). The van der Waals surface area contributed by atoms with Gasteiger partial charge in [-0.15, -0.1) is 0 Å². The fraction of sp³-hybridized carbons (Fsp3) is 0.714. The first-order chi connectivity index (χ1) is 12.1. The Morgan fingerprint density at radius 1 is 0.923 bits per heavy atom. The van der Waals surface area contributed by atoms with Crippen LogP contribution in [0.3, 0.4) is 0 Å². The van der Waals surface area contributed by atoms with E-state index in [2.05, 4.69) is 70.7 Å². The van der Waals surface area contributed by atoms with Crippen molar-refractivity contribution >= 4 is 7.12 Å². The van der Waals surface area contributed by atoms with Gasteiger partial charge in [0.05, 0.1) is 23.4 Å². The summed E-state index contributed by atoms with van der Waals surface area (Å²) >= 11 is 0. The molecule has 26 heavy (non-hydrogen) atoms. The molecular formula is C21H34BNO3. The summed E-state index contributed by atoms with van der Waals surface area (Å²) in [5, 5.41) is 0. The number of hydrogen-bond donors (Lipinski definition) is 0. The van der Waals surface area contributed by atoms with Crippen molar-refractivity contribution < 1.29 is 14.0 Å². The van der Waals surface area contributed by atoms with E-state index in [1.807, 2.05) is 0 Å². The van der Waals surface area contributed by atoms with E-state index >= 15 is 0 Å². The van der Waals surface area contributed by atoms with E-state index in [-0.39, 0.29) is 18.3 Å². The third-order valence-electron chi connectivity index (χ3n) is 5.90. The molecule has 4 nitrogen and oxygen atoms in total. The van der Waals surface area contributed by atoms with Crippen molar-refractivity contribution in [3.8, 4) is 0 Å². The van der Waals surface area contributed by atoms with Gasteiger partial charge >= 0.3 is 7.12 Å². The standard InChI is InChI=1S/C21H34BNO3/c1-16-13-23(14-17(2)24-16)15-19-9-7-18(8-10-19)11-12-22-25-20(3,4)21(5,6)26-22/h7-10,16-17H,11-15H2,1-6H3/t16-,17+. The molecule has 1 aromatic carbocycles. The molecule has 1 aromatic rings. The smallest absolute Gasteiger partial charge is 0.403 e. The van der Waals surface area contributed by atoms with Crippen LogP contribution in [0, 0.1) is 0 Å². The molecule has 0 unspecified atom stereocenters. The van der Waals surface area contributed by atoms with Crippen molar-refractivity contribution in [1.82, 2.24) is 4.90 Å². The van der Waals surface area contributed by atoms with E-state index in [9.17, 15) is 0 Å². The summed E-state index contributed by atoms with van der Waals surface area (Å²) in [6, 6.07) is 9.00. The highest BCUT2D eigenvalue weighted by Crippen LogP contribution is 2.37. The zero-order valence-electron chi connectivity index (χ0n) is 17.2. The van der Waals surface area contributed by atoms with Crippen molar-refractivity contribution in [2.45, 2.75) is 84.2 Å². The van der Waals surface area contributed by atoms with E-state index in [4.69, 9.17) is 14.0 Å². The topological polar surface area (TPSA) is 30.9 Å². The van der Waals surface area contributed by atoms with Crippen LogP contribution in [0.25, 0.3) is 0 Å². The molecule has 2 saturated heterocycles. The molecule has 0 saturated carbocycles. The minimum absolute atomic E-state index is 0.115. The Hall–Kier alpha value is -0.875. The van der Waals surface area contributed by atoms with E-state index in [0.29, 0.717) is 12.2 Å². The molecule has 2 fully saturated rings. The van der Waals surface area contributed by atoms with Crippen LogP contribution in [0.2, 0.25) is 6.32 Å². The first kappa shape index (κ1) is 19.9. The summed E-state index contributed by atoms with van der Waals surface area (Å²) < 4.78 is 18.0. The monoisotopic (exact) mass is 359 g/mol. The molecule has 0 bridgehead atoms. The van der Waals surface area contributed by atoms with Crippen molar-refractivity contribution in [3.05, 3.63) is 35.4 Å². The van der Waals surface area contributed by atoms with Gasteiger partial charge in [-0.05, 0) is 65.4 Å². The number of morpholine rings is 1. The normalized spacial score (nSPS) is 28.5. The maximum absolute atomic E-state index is 6.09. The molecule has 5 heteroatoms. The molecule has 2 atom stereocenters. The van der Waals surface area contributed by atoms with Gasteiger partial charge in [0.2, 0.25) is 0 Å². The van der Waals surface area contributed by atoms with E-state index in [1.54, 1.807) is 0 Å². The highest BCUT2D eigenvalue weighted by atomic mass is 16.7. The van der Waals surface area contributed by atoms with Crippen LogP contribution < -0.4 is 0 Å². The van der Waals surface area contributed by atoms with Crippen molar-refractivity contribution in [1.29, 1.82) is 0 Å². The number of aryl methyl sites for hydroxylation is 1. The second-order valence-corrected chi connectivity index (χ2v) is 8.99. The van der Waals surface area contributed by atoms with Crippen LogP contribution >= 0.6 is 0 Å². The van der Waals surface area contributed by atoms with Crippen molar-refractivity contribution in [2.24, 2.45) is 0 Å². The molecule has 2 aliphatic rings. The highest BCUT2D eigenvalue weighted by Gasteiger charge is 2.50. The van der Waals surface area contributed by atoms with Gasteiger partial charge in [-0.25, -0.2) is 0 Å². The molecule has 2 heterocycles. The predicted octanol–water partition coefficient (Wildman–Crippen LogP) is 3.93. The predicted molar refractivity (Wildman–Crippen MR) is 106 cm³/mol. The SMILES string of the molecule is C[C@@H]1CN(Cc2ccc(CCB3OC(C)(C)C(C)(C)O3)cc2)C[C@H](C)O1. The van der Waals surface area contributed by atoms with Crippen LogP contribution in [0.4, 0.5) is 0 Å². The average molecular weight is 359 g/mol. The molecule has 0 aromatic heterocycles. The van der Waals surface area contributed by atoms with E-state index < -0.39 is 0 Å². The molecule has 0 N–H and O–H groups in total. The summed E-state index contributed by atoms with van der Waals surface area (Å²) in [4.78, 5) is 2.48. The Labute approximate surface area is 159 Å². The minimum Gasteiger partial charge on any atom is -0.403 e. The lowest BCUT2D eigenvalue weighted by Crippen LogP contribution is -2.44. The highest BCUT2D eigenvalue weighted by molar-refractivity contribution is 6.45. The van der Waals surface area contributed by atoms with Crippen LogP contribution in [-0.2, 0) is 27.0 Å². The second kappa shape index (κ2) is 7.63. The van der Waals surface area contributed by atoms with Gasteiger partial charge in [0.15, 0.2) is 0 Å². The first-order valence-corrected chi connectivity index (χ1v) is 9.96. The Balaban J connectivity index is 1.49. The van der Waals surface area contributed by atoms with Gasteiger partial charge in [0, 0.05) is 19.6 Å². The Morgan fingerprint density at radius 3 is 1.96 bits per heavy atom. The van der Waals surface area contributed by atoms with Gasteiger partial charge in [0.1, 0.15) is 0 Å². The average Bonchev–Trinajstić information content (AvgIpc) is 2.73. The molecule has 0 radical (unpaired) electrons.